The maximum absolute atomic E-state index is 12.6. The minimum absolute atomic E-state index is 0.0186. The zero-order valence-corrected chi connectivity index (χ0v) is 13.3. The fraction of sp³-hybridized carbons (Fsp3) is 0.562. The van der Waals surface area contributed by atoms with Crippen LogP contribution in [0.1, 0.15) is 24.8 Å². The second-order valence-corrected chi connectivity index (χ2v) is 6.70. The summed E-state index contributed by atoms with van der Waals surface area (Å²) in [5.41, 5.74) is 11.4. The first-order chi connectivity index (χ1) is 11.8. The Kier molecular flexibility index (Phi) is 3.54. The molecule has 0 amide bonds. The predicted octanol–water partition coefficient (Wildman–Crippen LogP) is 2.01. The van der Waals surface area contributed by atoms with Gasteiger partial charge in [-0.2, -0.15) is 0 Å². The molecule has 1 unspecified atom stereocenters. The third-order valence-electron chi connectivity index (χ3n) is 5.12. The number of alkyl halides is 3. The fourth-order valence-electron chi connectivity index (χ4n) is 4.10. The van der Waals surface area contributed by atoms with Gasteiger partial charge < -0.3 is 25.7 Å². The summed E-state index contributed by atoms with van der Waals surface area (Å²) < 4.78 is 53.2. The van der Waals surface area contributed by atoms with E-state index in [0.29, 0.717) is 17.7 Å². The van der Waals surface area contributed by atoms with Crippen LogP contribution in [0.4, 0.5) is 13.2 Å². The van der Waals surface area contributed by atoms with Gasteiger partial charge in [-0.05, 0) is 37.5 Å². The van der Waals surface area contributed by atoms with Gasteiger partial charge >= 0.3 is 6.36 Å². The van der Waals surface area contributed by atoms with Crippen LogP contribution >= 0.6 is 0 Å². The Morgan fingerprint density at radius 2 is 2.08 bits per heavy atom. The number of ether oxygens (including phenoxy) is 3. The maximum atomic E-state index is 12.6. The lowest BCUT2D eigenvalue weighted by Crippen LogP contribution is -2.53. The average Bonchev–Trinajstić information content (AvgIpc) is 2.91. The van der Waals surface area contributed by atoms with Gasteiger partial charge in [0.2, 0.25) is 0 Å². The number of fused-ring (bicyclic) bond motifs is 4. The Labute approximate surface area is 141 Å². The largest absolute Gasteiger partial charge is 0.573 e. The molecule has 1 aliphatic carbocycles. The molecule has 1 spiro atoms. The average molecular weight is 357 g/mol. The van der Waals surface area contributed by atoms with E-state index in [1.807, 2.05) is 0 Å². The molecule has 6 nitrogen and oxygen atoms in total. The van der Waals surface area contributed by atoms with Crippen molar-refractivity contribution in [2.24, 2.45) is 22.4 Å². The van der Waals surface area contributed by atoms with E-state index in [1.165, 1.54) is 18.2 Å². The van der Waals surface area contributed by atoms with Gasteiger partial charge in [0.05, 0.1) is 0 Å². The van der Waals surface area contributed by atoms with Gasteiger partial charge in [-0.15, -0.1) is 13.2 Å². The number of amidine groups is 1. The fourth-order valence-corrected chi connectivity index (χ4v) is 4.10. The van der Waals surface area contributed by atoms with E-state index in [4.69, 9.17) is 20.9 Å². The minimum atomic E-state index is -4.78. The van der Waals surface area contributed by atoms with Crippen LogP contribution in [0.5, 0.6) is 11.5 Å². The molecular weight excluding hydrogens is 339 g/mol. The molecule has 2 aliphatic heterocycles. The second-order valence-electron chi connectivity index (χ2n) is 6.70. The van der Waals surface area contributed by atoms with Crippen molar-refractivity contribution >= 4 is 6.02 Å². The molecule has 3 aliphatic rings. The molecule has 4 N–H and O–H groups in total. The topological polar surface area (TPSA) is 92.1 Å². The lowest BCUT2D eigenvalue weighted by atomic mass is 9.67. The highest BCUT2D eigenvalue weighted by molar-refractivity contribution is 5.74. The number of hydrogen-bond donors (Lipinski definition) is 2. The summed E-state index contributed by atoms with van der Waals surface area (Å²) in [4.78, 5) is 4.48. The summed E-state index contributed by atoms with van der Waals surface area (Å²) in [7, 11) is 0. The number of hydrogen-bond acceptors (Lipinski definition) is 6. The number of nitrogens with zero attached hydrogens (tertiary/aromatic N) is 1. The van der Waals surface area contributed by atoms with Crippen LogP contribution < -0.4 is 20.9 Å². The van der Waals surface area contributed by atoms with Crippen LogP contribution in [-0.4, -0.2) is 31.1 Å². The Hall–Kier alpha value is -2.16. The Bertz CT molecular complexity index is 724. The monoisotopic (exact) mass is 357 g/mol. The number of aliphatic imine (C=N–C) groups is 1. The summed E-state index contributed by atoms with van der Waals surface area (Å²) >= 11 is 0. The standard InChI is InChI=1S/C16H18F3N3O3/c17-16(18,19)25-9-2-4-13-11(6-9)15(7-23-14(21)22-15)10-5-8(20)1-3-12(10)24-13/h2,4,6,8,10,12H,1,3,5,7,20H2,(H2,21,22)/t8?,10-,12-,15-/m0/s1. The third kappa shape index (κ3) is 2.76. The molecule has 136 valence electrons. The summed E-state index contributed by atoms with van der Waals surface area (Å²) in [5, 5.41) is 0. The van der Waals surface area contributed by atoms with Crippen LogP contribution in [0.25, 0.3) is 0 Å². The molecule has 9 heteroatoms. The van der Waals surface area contributed by atoms with Crippen LogP contribution in [0.3, 0.4) is 0 Å². The first-order valence-corrected chi connectivity index (χ1v) is 8.07. The number of rotatable bonds is 1. The van der Waals surface area contributed by atoms with E-state index in [0.717, 1.165) is 12.8 Å². The van der Waals surface area contributed by atoms with E-state index in [-0.39, 0.29) is 36.4 Å². The maximum Gasteiger partial charge on any atom is 0.573 e. The SMILES string of the molecule is NC1=N[C@]2(CO1)c1cc(OC(F)(F)F)ccc1O[C@H]1CCC(N)C[C@@H]12. The third-order valence-corrected chi connectivity index (χ3v) is 5.12. The molecule has 1 aromatic carbocycles. The van der Waals surface area contributed by atoms with Gasteiger partial charge in [-0.1, -0.05) is 0 Å². The molecule has 1 aromatic rings. The summed E-state index contributed by atoms with van der Waals surface area (Å²) in [6.45, 7) is 0.151. The number of nitrogens with two attached hydrogens (primary N) is 2. The van der Waals surface area contributed by atoms with Crippen LogP contribution in [0.15, 0.2) is 23.2 Å². The lowest BCUT2D eigenvalue weighted by Gasteiger charge is -2.47. The molecule has 1 saturated carbocycles. The molecule has 25 heavy (non-hydrogen) atoms. The summed E-state index contributed by atoms with van der Waals surface area (Å²) in [5.74, 6) is 0.0349. The molecule has 1 fully saturated rings. The van der Waals surface area contributed by atoms with E-state index in [9.17, 15) is 13.2 Å². The summed E-state index contributed by atoms with van der Waals surface area (Å²) in [6.07, 6.45) is -2.69. The van der Waals surface area contributed by atoms with Gasteiger partial charge in [-0.25, -0.2) is 4.99 Å². The first kappa shape index (κ1) is 16.3. The van der Waals surface area contributed by atoms with Crippen molar-refractivity contribution in [2.45, 2.75) is 43.3 Å². The van der Waals surface area contributed by atoms with Crippen molar-refractivity contribution in [1.29, 1.82) is 0 Å². The molecular formula is C16H18F3N3O3. The highest BCUT2D eigenvalue weighted by Gasteiger charge is 2.55. The molecule has 0 aromatic heterocycles. The highest BCUT2D eigenvalue weighted by atomic mass is 19.4. The zero-order chi connectivity index (χ0) is 17.8. The zero-order valence-electron chi connectivity index (χ0n) is 13.3. The van der Waals surface area contributed by atoms with E-state index >= 15 is 0 Å². The van der Waals surface area contributed by atoms with Gasteiger partial charge in [0.15, 0.2) is 0 Å². The Morgan fingerprint density at radius 3 is 2.76 bits per heavy atom. The molecule has 0 bridgehead atoms. The van der Waals surface area contributed by atoms with Gasteiger partial charge in [0.25, 0.3) is 6.02 Å². The van der Waals surface area contributed by atoms with Gasteiger partial charge in [0.1, 0.15) is 29.7 Å². The molecule has 0 radical (unpaired) electrons. The number of halogens is 3. The van der Waals surface area contributed by atoms with E-state index in [2.05, 4.69) is 9.73 Å². The summed E-state index contributed by atoms with van der Waals surface area (Å²) in [6, 6.07) is 4.03. The molecule has 0 saturated heterocycles. The van der Waals surface area contributed by atoms with Crippen LogP contribution in [0.2, 0.25) is 0 Å². The van der Waals surface area contributed by atoms with Crippen molar-refractivity contribution in [3.05, 3.63) is 23.8 Å². The highest BCUT2D eigenvalue weighted by Crippen LogP contribution is 2.53. The van der Waals surface area contributed by atoms with E-state index in [1.54, 1.807) is 0 Å². The van der Waals surface area contributed by atoms with Crippen molar-refractivity contribution in [2.75, 3.05) is 6.61 Å². The minimum Gasteiger partial charge on any atom is -0.490 e. The van der Waals surface area contributed by atoms with Gasteiger partial charge in [0, 0.05) is 17.5 Å². The van der Waals surface area contributed by atoms with E-state index < -0.39 is 11.9 Å². The smallest absolute Gasteiger partial charge is 0.490 e. The normalized spacial score (nSPS) is 33.8. The lowest BCUT2D eigenvalue weighted by molar-refractivity contribution is -0.274. The van der Waals surface area contributed by atoms with Gasteiger partial charge in [-0.3, -0.25) is 0 Å². The second kappa shape index (κ2) is 5.42. The Morgan fingerprint density at radius 1 is 1.28 bits per heavy atom. The van der Waals surface area contributed by atoms with Crippen LogP contribution in [0, 0.1) is 5.92 Å². The quantitative estimate of drug-likeness (QED) is 0.802. The molecule has 4 rings (SSSR count). The molecule has 4 atom stereocenters. The Balaban J connectivity index is 1.81. The molecule has 2 heterocycles. The van der Waals surface area contributed by atoms with Crippen molar-refractivity contribution < 1.29 is 27.4 Å². The first-order valence-electron chi connectivity index (χ1n) is 8.07. The van der Waals surface area contributed by atoms with Crippen molar-refractivity contribution in [3.8, 4) is 11.5 Å². The van der Waals surface area contributed by atoms with Crippen LogP contribution in [-0.2, 0) is 10.3 Å². The van der Waals surface area contributed by atoms with Crippen molar-refractivity contribution in [3.63, 3.8) is 0 Å². The van der Waals surface area contributed by atoms with Crippen molar-refractivity contribution in [1.82, 2.24) is 0 Å². The predicted molar refractivity (Wildman–Crippen MR) is 82.1 cm³/mol. The number of benzene rings is 1.